The number of carbonyl (C=O) groups excluding carboxylic acids is 2. The first kappa shape index (κ1) is 18.5. The fraction of sp³-hybridized carbons (Fsp3) is 0.429. The van der Waals surface area contributed by atoms with Crippen LogP contribution in [0.25, 0.3) is 0 Å². The lowest BCUT2D eigenvalue weighted by atomic mass is 9.94. The normalized spacial score (nSPS) is 17.7. The highest BCUT2D eigenvalue weighted by Gasteiger charge is 2.37. The van der Waals surface area contributed by atoms with Crippen molar-refractivity contribution in [3.8, 4) is 0 Å². The van der Waals surface area contributed by atoms with Crippen LogP contribution in [0.1, 0.15) is 40.9 Å². The maximum absolute atomic E-state index is 13.1. The number of amides is 2. The molecule has 1 aliphatic carbocycles. The number of carbonyl (C=O) groups is 2. The Balaban J connectivity index is 1.35. The third-order valence-corrected chi connectivity index (χ3v) is 6.51. The van der Waals surface area contributed by atoms with Gasteiger partial charge < -0.3 is 9.80 Å². The average molecular weight is 403 g/mol. The van der Waals surface area contributed by atoms with Crippen molar-refractivity contribution in [2.24, 2.45) is 5.92 Å². The number of hydrogen-bond donors (Lipinski definition) is 0. The number of nitrogens with zero attached hydrogens (tertiary/aromatic N) is 2. The molecule has 0 spiro atoms. The molecule has 27 heavy (non-hydrogen) atoms. The van der Waals surface area contributed by atoms with Crippen molar-refractivity contribution in [2.75, 3.05) is 13.1 Å². The first-order chi connectivity index (χ1) is 13.1. The molecule has 0 radical (unpaired) electrons. The zero-order valence-corrected chi connectivity index (χ0v) is 16.7. The Morgan fingerprint density at radius 2 is 1.78 bits per heavy atom. The van der Waals surface area contributed by atoms with E-state index >= 15 is 0 Å². The molecule has 0 unspecified atom stereocenters. The lowest BCUT2D eigenvalue weighted by Gasteiger charge is -2.34. The topological polar surface area (TPSA) is 40.6 Å². The minimum atomic E-state index is 0.0233. The van der Waals surface area contributed by atoms with Crippen molar-refractivity contribution in [2.45, 2.75) is 38.3 Å². The Labute approximate surface area is 168 Å². The highest BCUT2D eigenvalue weighted by molar-refractivity contribution is 7.09. The van der Waals surface area contributed by atoms with E-state index in [2.05, 4.69) is 16.3 Å². The largest absolute Gasteiger partial charge is 0.339 e. The van der Waals surface area contributed by atoms with Crippen LogP contribution in [0.2, 0.25) is 5.02 Å². The van der Waals surface area contributed by atoms with Gasteiger partial charge in [0.2, 0.25) is 5.91 Å². The molecule has 0 bridgehead atoms. The molecule has 2 fully saturated rings. The molecule has 6 heteroatoms. The van der Waals surface area contributed by atoms with Crippen LogP contribution in [-0.2, 0) is 11.3 Å². The van der Waals surface area contributed by atoms with Crippen LogP contribution < -0.4 is 0 Å². The molecule has 2 aliphatic rings. The Kier molecular flexibility index (Phi) is 5.50. The van der Waals surface area contributed by atoms with Crippen molar-refractivity contribution in [3.05, 3.63) is 57.2 Å². The summed E-state index contributed by atoms with van der Waals surface area (Å²) < 4.78 is 0. The van der Waals surface area contributed by atoms with Crippen LogP contribution in [0.15, 0.2) is 41.8 Å². The van der Waals surface area contributed by atoms with Crippen LogP contribution in [0.4, 0.5) is 0 Å². The molecule has 4 rings (SSSR count). The summed E-state index contributed by atoms with van der Waals surface area (Å²) in [7, 11) is 0. The molecule has 1 saturated carbocycles. The summed E-state index contributed by atoms with van der Waals surface area (Å²) in [6.45, 7) is 2.00. The molecule has 0 atom stereocenters. The monoisotopic (exact) mass is 402 g/mol. The van der Waals surface area contributed by atoms with Gasteiger partial charge in [-0.05, 0) is 61.4 Å². The Bertz CT molecular complexity index is 794. The molecule has 1 aliphatic heterocycles. The second-order valence-electron chi connectivity index (χ2n) is 7.35. The van der Waals surface area contributed by atoms with Gasteiger partial charge in [0, 0.05) is 40.5 Å². The Hall–Kier alpha value is -1.85. The summed E-state index contributed by atoms with van der Waals surface area (Å²) >= 11 is 7.61. The summed E-state index contributed by atoms with van der Waals surface area (Å²) in [5.74, 6) is 0.319. The van der Waals surface area contributed by atoms with E-state index in [1.807, 2.05) is 11.0 Å². The molecule has 2 aromatic rings. The average Bonchev–Trinajstić information content (AvgIpc) is 3.41. The molecule has 1 aromatic heterocycles. The van der Waals surface area contributed by atoms with Gasteiger partial charge in [0.25, 0.3) is 5.91 Å². The molecule has 1 aromatic carbocycles. The van der Waals surface area contributed by atoms with Gasteiger partial charge in [-0.25, -0.2) is 0 Å². The molecular weight excluding hydrogens is 380 g/mol. The summed E-state index contributed by atoms with van der Waals surface area (Å²) in [5.41, 5.74) is 0.654. The highest BCUT2D eigenvalue weighted by atomic mass is 35.5. The van der Waals surface area contributed by atoms with Crippen molar-refractivity contribution in [1.82, 2.24) is 9.80 Å². The predicted octanol–water partition coefficient (Wildman–Crippen LogP) is 4.44. The summed E-state index contributed by atoms with van der Waals surface area (Å²) in [6, 6.07) is 11.5. The van der Waals surface area contributed by atoms with Crippen LogP contribution >= 0.6 is 22.9 Å². The third-order valence-electron chi connectivity index (χ3n) is 5.40. The van der Waals surface area contributed by atoms with E-state index in [-0.39, 0.29) is 17.7 Å². The third kappa shape index (κ3) is 4.36. The molecule has 2 heterocycles. The van der Waals surface area contributed by atoms with Gasteiger partial charge in [-0.15, -0.1) is 11.3 Å². The van der Waals surface area contributed by atoms with Gasteiger partial charge >= 0.3 is 0 Å². The number of halogens is 1. The zero-order chi connectivity index (χ0) is 18.8. The first-order valence-electron chi connectivity index (χ1n) is 9.49. The van der Waals surface area contributed by atoms with Gasteiger partial charge in [0.05, 0.1) is 6.54 Å². The highest BCUT2D eigenvalue weighted by Crippen LogP contribution is 2.32. The van der Waals surface area contributed by atoms with Crippen molar-refractivity contribution >= 4 is 34.8 Å². The Morgan fingerprint density at radius 1 is 1.07 bits per heavy atom. The van der Waals surface area contributed by atoms with Gasteiger partial charge in [-0.1, -0.05) is 17.7 Å². The smallest absolute Gasteiger partial charge is 0.253 e. The second-order valence-corrected chi connectivity index (χ2v) is 8.82. The summed E-state index contributed by atoms with van der Waals surface area (Å²) in [5, 5.41) is 2.69. The number of piperidine rings is 1. The lowest BCUT2D eigenvalue weighted by Crippen LogP contribution is -2.44. The quantitative estimate of drug-likeness (QED) is 0.741. The number of thiophene rings is 1. The van der Waals surface area contributed by atoms with E-state index in [1.165, 1.54) is 4.88 Å². The number of hydrogen-bond acceptors (Lipinski definition) is 3. The summed E-state index contributed by atoms with van der Waals surface area (Å²) in [4.78, 5) is 30.9. The van der Waals surface area contributed by atoms with Crippen LogP contribution in [0.3, 0.4) is 0 Å². The van der Waals surface area contributed by atoms with Crippen LogP contribution in [-0.4, -0.2) is 40.7 Å². The predicted molar refractivity (Wildman–Crippen MR) is 108 cm³/mol. The van der Waals surface area contributed by atoms with E-state index in [1.54, 1.807) is 35.6 Å². The van der Waals surface area contributed by atoms with E-state index < -0.39 is 0 Å². The number of rotatable bonds is 5. The van der Waals surface area contributed by atoms with E-state index in [0.29, 0.717) is 29.7 Å². The van der Waals surface area contributed by atoms with E-state index in [0.717, 1.165) is 32.2 Å². The number of benzene rings is 1. The maximum atomic E-state index is 13.1. The van der Waals surface area contributed by atoms with Gasteiger partial charge in [-0.3, -0.25) is 9.59 Å². The van der Waals surface area contributed by atoms with Gasteiger partial charge in [0.15, 0.2) is 0 Å². The molecular formula is C21H23ClN2O2S. The van der Waals surface area contributed by atoms with Crippen LogP contribution in [0.5, 0.6) is 0 Å². The lowest BCUT2D eigenvalue weighted by molar-refractivity contribution is -0.138. The first-order valence-corrected chi connectivity index (χ1v) is 10.8. The van der Waals surface area contributed by atoms with Crippen molar-refractivity contribution < 1.29 is 9.59 Å². The SMILES string of the molecule is O=C(c1ccc(Cl)cc1)N1CCC(C(=O)N(Cc2cccs2)C2CC2)CC1. The van der Waals surface area contributed by atoms with Crippen molar-refractivity contribution in [1.29, 1.82) is 0 Å². The van der Waals surface area contributed by atoms with E-state index in [4.69, 9.17) is 11.6 Å². The Morgan fingerprint density at radius 3 is 2.37 bits per heavy atom. The molecule has 142 valence electrons. The van der Waals surface area contributed by atoms with Gasteiger partial charge in [-0.2, -0.15) is 0 Å². The van der Waals surface area contributed by atoms with E-state index in [9.17, 15) is 9.59 Å². The van der Waals surface area contributed by atoms with Crippen LogP contribution in [0, 0.1) is 5.92 Å². The number of likely N-dealkylation sites (tertiary alicyclic amines) is 1. The standard InChI is InChI=1S/C21H23ClN2O2S/c22-17-5-3-15(4-6-17)20(25)23-11-9-16(10-12-23)21(26)24(18-7-8-18)14-19-2-1-13-27-19/h1-6,13,16,18H,7-12,14H2. The molecule has 1 saturated heterocycles. The molecule has 0 N–H and O–H groups in total. The minimum absolute atomic E-state index is 0.0233. The molecule has 4 nitrogen and oxygen atoms in total. The zero-order valence-electron chi connectivity index (χ0n) is 15.1. The summed E-state index contributed by atoms with van der Waals surface area (Å²) in [6.07, 6.45) is 3.72. The van der Waals surface area contributed by atoms with Gasteiger partial charge in [0.1, 0.15) is 0 Å². The minimum Gasteiger partial charge on any atom is -0.339 e. The second kappa shape index (κ2) is 8.03. The molecule has 2 amide bonds. The maximum Gasteiger partial charge on any atom is 0.253 e. The fourth-order valence-corrected chi connectivity index (χ4v) is 4.51. The fourth-order valence-electron chi connectivity index (χ4n) is 3.68. The van der Waals surface area contributed by atoms with Crippen molar-refractivity contribution in [3.63, 3.8) is 0 Å².